The number of H-pyrrole nitrogens is 1. The van der Waals surface area contributed by atoms with Gasteiger partial charge in [0, 0.05) is 36.5 Å². The summed E-state index contributed by atoms with van der Waals surface area (Å²) in [5.41, 5.74) is 18.0. The second-order valence-corrected chi connectivity index (χ2v) is 10.8. The number of aromatic amines is 1. The molecule has 16 heteroatoms. The van der Waals surface area contributed by atoms with Gasteiger partial charge in [0.05, 0.1) is 6.04 Å². The zero-order chi connectivity index (χ0) is 31.9. The van der Waals surface area contributed by atoms with Gasteiger partial charge in [-0.05, 0) is 49.3 Å². The molecule has 4 atom stereocenters. The summed E-state index contributed by atoms with van der Waals surface area (Å²) >= 11 is 1.42. The lowest BCUT2D eigenvalue weighted by Gasteiger charge is -2.25. The number of rotatable bonds is 19. The van der Waals surface area contributed by atoms with Crippen LogP contribution in [0.25, 0.3) is 10.9 Å². The van der Waals surface area contributed by atoms with E-state index >= 15 is 0 Å². The molecule has 4 unspecified atom stereocenters. The van der Waals surface area contributed by atoms with E-state index in [0.717, 1.165) is 10.9 Å². The molecule has 3 amide bonds. The summed E-state index contributed by atoms with van der Waals surface area (Å²) in [7, 11) is 0. The van der Waals surface area contributed by atoms with Crippen molar-refractivity contribution < 1.29 is 34.2 Å². The fraction of sp³-hybridized carbons (Fsp3) is 0.481. The van der Waals surface area contributed by atoms with Gasteiger partial charge in [0.1, 0.15) is 18.1 Å². The van der Waals surface area contributed by atoms with Gasteiger partial charge in [-0.25, -0.2) is 4.79 Å². The molecular weight excluding hydrogens is 580 g/mol. The fourth-order valence-corrected chi connectivity index (χ4v) is 4.70. The number of amides is 3. The highest BCUT2D eigenvalue weighted by atomic mass is 32.2. The number of nitrogens with one attached hydrogen (secondary N) is 4. The summed E-state index contributed by atoms with van der Waals surface area (Å²) in [5.74, 6) is -4.30. The Labute approximate surface area is 252 Å². The Morgan fingerprint density at radius 2 is 1.58 bits per heavy atom. The summed E-state index contributed by atoms with van der Waals surface area (Å²) in [6.07, 6.45) is 3.48. The predicted octanol–water partition coefficient (Wildman–Crippen LogP) is -0.752. The number of hydrogen-bond donors (Lipinski definition) is 9. The number of aliphatic carboxylic acids is 2. The molecule has 1 aromatic heterocycles. The Balaban J connectivity index is 2.26. The zero-order valence-corrected chi connectivity index (χ0v) is 24.7. The molecule has 0 saturated heterocycles. The summed E-state index contributed by atoms with van der Waals surface area (Å²) < 4.78 is 0. The smallest absolute Gasteiger partial charge is 0.326 e. The molecule has 43 heavy (non-hydrogen) atoms. The molecular formula is C27H40N8O7S. The van der Waals surface area contributed by atoms with Crippen molar-refractivity contribution in [3.63, 3.8) is 0 Å². The number of aliphatic imine (C=N–C) groups is 1. The van der Waals surface area contributed by atoms with Crippen LogP contribution in [0.3, 0.4) is 0 Å². The van der Waals surface area contributed by atoms with E-state index in [1.807, 2.05) is 30.5 Å². The van der Waals surface area contributed by atoms with Gasteiger partial charge in [0.25, 0.3) is 0 Å². The van der Waals surface area contributed by atoms with E-state index in [1.165, 1.54) is 11.8 Å². The molecule has 0 fully saturated rings. The Morgan fingerprint density at radius 3 is 2.23 bits per heavy atom. The molecule has 0 radical (unpaired) electrons. The largest absolute Gasteiger partial charge is 0.481 e. The molecule has 0 saturated carbocycles. The molecule has 0 aliphatic carbocycles. The van der Waals surface area contributed by atoms with Crippen molar-refractivity contribution in [3.8, 4) is 0 Å². The molecule has 0 aliphatic rings. The van der Waals surface area contributed by atoms with Gasteiger partial charge in [-0.1, -0.05) is 18.2 Å². The van der Waals surface area contributed by atoms with Crippen molar-refractivity contribution in [2.75, 3.05) is 18.6 Å². The lowest BCUT2D eigenvalue weighted by atomic mass is 10.0. The number of fused-ring (bicyclic) bond motifs is 1. The van der Waals surface area contributed by atoms with E-state index < -0.39 is 60.2 Å². The maximum absolute atomic E-state index is 13.4. The zero-order valence-electron chi connectivity index (χ0n) is 23.9. The van der Waals surface area contributed by atoms with Crippen molar-refractivity contribution in [2.45, 2.75) is 62.7 Å². The fourth-order valence-electron chi connectivity index (χ4n) is 4.23. The number of carboxylic acids is 2. The average molecular weight is 621 g/mol. The van der Waals surface area contributed by atoms with E-state index in [1.54, 1.807) is 6.20 Å². The number of para-hydroxylation sites is 1. The van der Waals surface area contributed by atoms with Crippen molar-refractivity contribution in [2.24, 2.45) is 22.2 Å². The second kappa shape index (κ2) is 17.6. The third kappa shape index (κ3) is 11.8. The third-order valence-corrected chi connectivity index (χ3v) is 7.19. The van der Waals surface area contributed by atoms with Gasteiger partial charge >= 0.3 is 11.9 Å². The van der Waals surface area contributed by atoms with E-state index in [4.69, 9.17) is 17.2 Å². The van der Waals surface area contributed by atoms with E-state index in [2.05, 4.69) is 25.9 Å². The van der Waals surface area contributed by atoms with Gasteiger partial charge in [0.15, 0.2) is 5.96 Å². The Morgan fingerprint density at radius 1 is 0.930 bits per heavy atom. The number of nitrogens with zero attached hydrogens (tertiary/aromatic N) is 1. The van der Waals surface area contributed by atoms with Crippen molar-refractivity contribution >= 4 is 58.3 Å². The van der Waals surface area contributed by atoms with Crippen LogP contribution in [0.5, 0.6) is 0 Å². The first-order valence-electron chi connectivity index (χ1n) is 13.6. The molecule has 0 aliphatic heterocycles. The molecule has 236 valence electrons. The van der Waals surface area contributed by atoms with Crippen molar-refractivity contribution in [1.82, 2.24) is 20.9 Å². The highest BCUT2D eigenvalue weighted by Gasteiger charge is 2.31. The lowest BCUT2D eigenvalue weighted by Crippen LogP contribution is -2.57. The molecule has 2 aromatic rings. The molecule has 12 N–H and O–H groups in total. The molecule has 1 aromatic carbocycles. The van der Waals surface area contributed by atoms with Crippen LogP contribution in [-0.4, -0.2) is 93.5 Å². The Kier molecular flexibility index (Phi) is 14.3. The summed E-state index contributed by atoms with van der Waals surface area (Å²) in [6.45, 7) is 0.241. The molecule has 2 rings (SSSR count). The topological polar surface area (TPSA) is 268 Å². The Hall–Kier alpha value is -4.31. The van der Waals surface area contributed by atoms with Crippen LogP contribution in [-0.2, 0) is 30.4 Å². The second-order valence-electron chi connectivity index (χ2n) is 9.85. The number of carbonyl (C=O) groups excluding carboxylic acids is 3. The number of carboxylic acid groups (broad SMARTS) is 2. The predicted molar refractivity (Wildman–Crippen MR) is 163 cm³/mol. The number of carbonyl (C=O) groups is 5. The van der Waals surface area contributed by atoms with Gasteiger partial charge < -0.3 is 48.3 Å². The first-order chi connectivity index (χ1) is 20.4. The van der Waals surface area contributed by atoms with Crippen LogP contribution >= 0.6 is 11.8 Å². The normalized spacial score (nSPS) is 13.7. The summed E-state index contributed by atoms with van der Waals surface area (Å²) in [4.78, 5) is 69.6. The van der Waals surface area contributed by atoms with Crippen molar-refractivity contribution in [3.05, 3.63) is 36.0 Å². The molecule has 15 nitrogen and oxygen atoms in total. The van der Waals surface area contributed by atoms with Crippen molar-refractivity contribution in [1.29, 1.82) is 0 Å². The number of benzene rings is 1. The molecule has 0 spiro atoms. The minimum atomic E-state index is -1.34. The van der Waals surface area contributed by atoms with Crippen LogP contribution in [0.4, 0.5) is 0 Å². The Bertz CT molecular complexity index is 1300. The van der Waals surface area contributed by atoms with E-state index in [0.29, 0.717) is 17.7 Å². The monoisotopic (exact) mass is 620 g/mol. The SMILES string of the molecule is CSCCC(NC(=O)C(Cc1c[nH]c2ccccc12)NC(=O)C(CCC(=O)O)NC(=O)C(N)CCCN=C(N)N)C(=O)O. The van der Waals surface area contributed by atoms with E-state index in [9.17, 15) is 34.2 Å². The van der Waals surface area contributed by atoms with Gasteiger partial charge in [0.2, 0.25) is 17.7 Å². The first-order valence-corrected chi connectivity index (χ1v) is 15.0. The quantitative estimate of drug-likeness (QED) is 0.0535. The number of hydrogen-bond acceptors (Lipinski definition) is 8. The van der Waals surface area contributed by atoms with Gasteiger partial charge in [-0.3, -0.25) is 24.2 Å². The maximum Gasteiger partial charge on any atom is 0.326 e. The maximum atomic E-state index is 13.4. The molecule has 1 heterocycles. The lowest BCUT2D eigenvalue weighted by molar-refractivity contribution is -0.142. The number of aromatic nitrogens is 1. The summed E-state index contributed by atoms with van der Waals surface area (Å²) in [5, 5.41) is 27.2. The highest BCUT2D eigenvalue weighted by molar-refractivity contribution is 7.98. The molecule has 0 bridgehead atoms. The standard InChI is InChI=1S/C27H40N8O7S/c1-43-12-10-20(26(41)42)34-25(40)21(13-15-14-32-18-7-3-2-5-16(15)18)35-24(39)19(8-9-22(36)37)33-23(38)17(28)6-4-11-31-27(29)30/h2-3,5,7,14,17,19-21,32H,4,6,8-13,28H2,1H3,(H,33,38)(H,34,40)(H,35,39)(H,36,37)(H,41,42)(H4,29,30,31). The van der Waals surface area contributed by atoms with Crippen LogP contribution in [0, 0.1) is 0 Å². The van der Waals surface area contributed by atoms with Crippen LogP contribution in [0.1, 0.15) is 37.7 Å². The number of guanidine groups is 1. The minimum absolute atomic E-state index is 0.0135. The number of nitrogens with two attached hydrogens (primary N) is 3. The minimum Gasteiger partial charge on any atom is -0.481 e. The van der Waals surface area contributed by atoms with Crippen LogP contribution in [0.2, 0.25) is 0 Å². The van der Waals surface area contributed by atoms with Gasteiger partial charge in [-0.2, -0.15) is 11.8 Å². The summed E-state index contributed by atoms with van der Waals surface area (Å²) in [6, 6.07) is 2.51. The number of thioether (sulfide) groups is 1. The average Bonchev–Trinajstić information content (AvgIpc) is 3.37. The van der Waals surface area contributed by atoms with Crippen LogP contribution in [0.15, 0.2) is 35.5 Å². The van der Waals surface area contributed by atoms with Gasteiger partial charge in [-0.15, -0.1) is 0 Å². The third-order valence-electron chi connectivity index (χ3n) is 6.54. The highest BCUT2D eigenvalue weighted by Crippen LogP contribution is 2.19. The van der Waals surface area contributed by atoms with Crippen LogP contribution < -0.4 is 33.2 Å². The first kappa shape index (κ1) is 34.9. The van der Waals surface area contributed by atoms with E-state index in [-0.39, 0.29) is 38.2 Å².